The van der Waals surface area contributed by atoms with Gasteiger partial charge in [0.15, 0.2) is 0 Å². The van der Waals surface area contributed by atoms with E-state index in [1.54, 1.807) is 6.07 Å². The van der Waals surface area contributed by atoms with Crippen LogP contribution in [0.1, 0.15) is 40.5 Å². The van der Waals surface area contributed by atoms with E-state index in [0.717, 1.165) is 36.6 Å². The summed E-state index contributed by atoms with van der Waals surface area (Å²) in [6.07, 6.45) is 2.16. The Bertz CT molecular complexity index is 910. The topological polar surface area (TPSA) is 50.5 Å². The highest BCUT2D eigenvalue weighted by Crippen LogP contribution is 2.35. The van der Waals surface area contributed by atoms with Gasteiger partial charge < -0.3 is 0 Å². The van der Waals surface area contributed by atoms with Crippen LogP contribution in [0, 0.1) is 6.92 Å². The number of hydrogen-bond donors (Lipinski definition) is 0. The second-order valence-electron chi connectivity index (χ2n) is 5.84. The van der Waals surface area contributed by atoms with Gasteiger partial charge in [0.2, 0.25) is 4.96 Å². The van der Waals surface area contributed by atoms with Gasteiger partial charge in [-0.15, -0.1) is 11.3 Å². The lowest BCUT2D eigenvalue weighted by Gasteiger charge is -2.35. The summed E-state index contributed by atoms with van der Waals surface area (Å²) in [7, 11) is 0. The molecule has 4 rings (SSSR count). The SMILES string of the molecule is CC[C@H]1c2ccsc2CCN1Cc1cc(=O)n2nc(C)sc2n1. The monoisotopic (exact) mass is 346 g/mol. The molecule has 0 bridgehead atoms. The lowest BCUT2D eigenvalue weighted by Crippen LogP contribution is -2.34. The zero-order chi connectivity index (χ0) is 16.0. The highest BCUT2D eigenvalue weighted by atomic mass is 32.1. The highest BCUT2D eigenvalue weighted by molar-refractivity contribution is 7.16. The van der Waals surface area contributed by atoms with Gasteiger partial charge in [-0.2, -0.15) is 9.61 Å². The average Bonchev–Trinajstić information content (AvgIpc) is 3.13. The van der Waals surface area contributed by atoms with Crippen LogP contribution in [0.2, 0.25) is 0 Å². The van der Waals surface area contributed by atoms with Crippen LogP contribution in [-0.2, 0) is 13.0 Å². The first-order valence-electron chi connectivity index (χ1n) is 7.82. The molecule has 0 amide bonds. The molecule has 0 aromatic carbocycles. The van der Waals surface area contributed by atoms with E-state index >= 15 is 0 Å². The molecule has 0 aliphatic carbocycles. The van der Waals surface area contributed by atoms with Crippen molar-refractivity contribution in [2.75, 3.05) is 6.54 Å². The Morgan fingerprint density at radius 1 is 1.43 bits per heavy atom. The summed E-state index contributed by atoms with van der Waals surface area (Å²) in [4.78, 5) is 21.5. The molecule has 0 N–H and O–H groups in total. The number of aryl methyl sites for hydroxylation is 1. The van der Waals surface area contributed by atoms with Crippen molar-refractivity contribution in [2.24, 2.45) is 0 Å². The zero-order valence-electron chi connectivity index (χ0n) is 13.2. The van der Waals surface area contributed by atoms with Crippen LogP contribution >= 0.6 is 22.7 Å². The van der Waals surface area contributed by atoms with Gasteiger partial charge in [0.25, 0.3) is 5.56 Å². The average molecular weight is 346 g/mol. The number of hydrogen-bond acceptors (Lipinski definition) is 6. The molecule has 1 atom stereocenters. The van der Waals surface area contributed by atoms with E-state index in [-0.39, 0.29) is 5.56 Å². The number of fused-ring (bicyclic) bond motifs is 2. The fraction of sp³-hybridized carbons (Fsp3) is 0.438. The maximum atomic E-state index is 12.2. The number of nitrogens with zero attached hydrogens (tertiary/aromatic N) is 4. The Morgan fingerprint density at radius 2 is 2.30 bits per heavy atom. The predicted molar refractivity (Wildman–Crippen MR) is 93.3 cm³/mol. The fourth-order valence-corrected chi connectivity index (χ4v) is 5.05. The molecule has 23 heavy (non-hydrogen) atoms. The van der Waals surface area contributed by atoms with Crippen LogP contribution in [0.25, 0.3) is 4.96 Å². The first-order chi connectivity index (χ1) is 11.2. The van der Waals surface area contributed by atoms with Crippen molar-refractivity contribution in [2.45, 2.75) is 39.3 Å². The molecule has 0 saturated carbocycles. The molecule has 1 aliphatic heterocycles. The minimum Gasteiger partial charge on any atom is -0.290 e. The molecule has 0 radical (unpaired) electrons. The number of rotatable bonds is 3. The van der Waals surface area contributed by atoms with Crippen molar-refractivity contribution < 1.29 is 0 Å². The minimum absolute atomic E-state index is 0.0874. The van der Waals surface area contributed by atoms with Gasteiger partial charge in [0.05, 0.1) is 5.69 Å². The fourth-order valence-electron chi connectivity index (χ4n) is 3.36. The lowest BCUT2D eigenvalue weighted by molar-refractivity contribution is 0.171. The molecule has 3 aromatic heterocycles. The van der Waals surface area contributed by atoms with E-state index < -0.39 is 0 Å². The maximum absolute atomic E-state index is 12.2. The molecule has 0 unspecified atom stereocenters. The third-order valence-corrected chi connectivity index (χ3v) is 6.18. The summed E-state index contributed by atoms with van der Waals surface area (Å²) in [5.41, 5.74) is 2.21. The van der Waals surface area contributed by atoms with Crippen molar-refractivity contribution in [3.63, 3.8) is 0 Å². The normalized spacial score (nSPS) is 18.4. The van der Waals surface area contributed by atoms with Crippen molar-refractivity contribution >= 4 is 27.6 Å². The second kappa shape index (κ2) is 5.81. The number of aromatic nitrogens is 3. The van der Waals surface area contributed by atoms with Crippen molar-refractivity contribution in [1.29, 1.82) is 0 Å². The predicted octanol–water partition coefficient (Wildman–Crippen LogP) is 3.03. The standard InChI is InChI=1S/C16H18N4OS2/c1-3-13-12-5-7-22-14(12)4-6-19(13)9-11-8-15(21)20-16(17-11)23-10(2)18-20/h5,7-8,13H,3-4,6,9H2,1-2H3/t13-/m0/s1. The molecular weight excluding hydrogens is 328 g/mol. The summed E-state index contributed by atoms with van der Waals surface area (Å²) < 4.78 is 1.40. The summed E-state index contributed by atoms with van der Waals surface area (Å²) in [5.74, 6) is 0. The molecule has 0 saturated heterocycles. The first-order valence-corrected chi connectivity index (χ1v) is 9.52. The van der Waals surface area contributed by atoms with E-state index in [2.05, 4.69) is 33.4 Å². The first kappa shape index (κ1) is 15.0. The molecule has 1 aliphatic rings. The second-order valence-corrected chi connectivity index (χ2v) is 8.01. The van der Waals surface area contributed by atoms with Gasteiger partial charge in [-0.05, 0) is 36.8 Å². The van der Waals surface area contributed by atoms with Gasteiger partial charge in [-0.3, -0.25) is 9.69 Å². The van der Waals surface area contributed by atoms with Gasteiger partial charge in [0, 0.05) is 30.1 Å². The Labute approximate surface area is 142 Å². The zero-order valence-corrected chi connectivity index (χ0v) is 14.8. The van der Waals surface area contributed by atoms with E-state index in [1.807, 2.05) is 18.3 Å². The molecule has 7 heteroatoms. The molecule has 0 spiro atoms. The molecule has 120 valence electrons. The van der Waals surface area contributed by atoms with Crippen molar-refractivity contribution in [3.05, 3.63) is 49.0 Å². The summed E-state index contributed by atoms with van der Waals surface area (Å²) >= 11 is 3.32. The maximum Gasteiger partial charge on any atom is 0.275 e. The summed E-state index contributed by atoms with van der Waals surface area (Å²) in [6, 6.07) is 4.30. The number of thiophene rings is 1. The minimum atomic E-state index is -0.0874. The van der Waals surface area contributed by atoms with Crippen molar-refractivity contribution in [1.82, 2.24) is 19.5 Å². The third-order valence-electron chi connectivity index (χ3n) is 4.36. The van der Waals surface area contributed by atoms with E-state index in [9.17, 15) is 4.79 Å². The largest absolute Gasteiger partial charge is 0.290 e. The van der Waals surface area contributed by atoms with E-state index in [4.69, 9.17) is 0 Å². The van der Waals surface area contributed by atoms with Gasteiger partial charge in [-0.25, -0.2) is 4.98 Å². The van der Waals surface area contributed by atoms with Crippen molar-refractivity contribution in [3.8, 4) is 0 Å². The quantitative estimate of drug-likeness (QED) is 0.731. The molecule has 5 nitrogen and oxygen atoms in total. The van der Waals surface area contributed by atoms with E-state index in [0.29, 0.717) is 11.0 Å². The molecular formula is C16H18N4OS2. The van der Waals surface area contributed by atoms with Crippen LogP contribution in [0.4, 0.5) is 0 Å². The van der Waals surface area contributed by atoms with Crippen LogP contribution in [-0.4, -0.2) is 26.0 Å². The lowest BCUT2D eigenvalue weighted by atomic mass is 9.97. The summed E-state index contributed by atoms with van der Waals surface area (Å²) in [6.45, 7) is 5.86. The van der Waals surface area contributed by atoms with Crippen LogP contribution < -0.4 is 5.56 Å². The van der Waals surface area contributed by atoms with Crippen LogP contribution in [0.5, 0.6) is 0 Å². The Balaban J connectivity index is 1.66. The summed E-state index contributed by atoms with van der Waals surface area (Å²) in [5, 5.41) is 7.25. The molecule has 3 aromatic rings. The Morgan fingerprint density at radius 3 is 3.13 bits per heavy atom. The van der Waals surface area contributed by atoms with Gasteiger partial charge >= 0.3 is 0 Å². The highest BCUT2D eigenvalue weighted by Gasteiger charge is 2.27. The van der Waals surface area contributed by atoms with Gasteiger partial charge in [-0.1, -0.05) is 18.3 Å². The Kier molecular flexibility index (Phi) is 3.79. The Hall–Kier alpha value is -1.57. The molecule has 4 heterocycles. The smallest absolute Gasteiger partial charge is 0.275 e. The van der Waals surface area contributed by atoms with Gasteiger partial charge in [0.1, 0.15) is 5.01 Å². The third kappa shape index (κ3) is 2.62. The molecule has 0 fully saturated rings. The van der Waals surface area contributed by atoms with E-state index in [1.165, 1.54) is 26.3 Å². The van der Waals surface area contributed by atoms with Crippen LogP contribution in [0.15, 0.2) is 22.3 Å². The van der Waals surface area contributed by atoms with Crippen LogP contribution in [0.3, 0.4) is 0 Å².